The van der Waals surface area contributed by atoms with Gasteiger partial charge in [-0.1, -0.05) is 20.8 Å². The van der Waals surface area contributed by atoms with Crippen molar-refractivity contribution in [1.82, 2.24) is 19.3 Å². The number of hydrogen-bond donors (Lipinski definition) is 1. The molecule has 0 unspecified atom stereocenters. The summed E-state index contributed by atoms with van der Waals surface area (Å²) >= 11 is 3.35. The van der Waals surface area contributed by atoms with Crippen LogP contribution < -0.4 is 11.4 Å². The van der Waals surface area contributed by atoms with Gasteiger partial charge in [-0.3, -0.25) is 0 Å². The van der Waals surface area contributed by atoms with Crippen molar-refractivity contribution < 1.29 is 13.9 Å². The highest BCUT2D eigenvalue weighted by Crippen LogP contribution is 2.29. The molecule has 10 heteroatoms. The molecule has 0 aromatic carbocycles. The van der Waals surface area contributed by atoms with Crippen molar-refractivity contribution in [3.05, 3.63) is 50.5 Å². The third kappa shape index (κ3) is 5.03. The number of aromatic nitrogens is 4. The smallest absolute Gasteiger partial charge is 0.404 e. The van der Waals surface area contributed by atoms with E-state index in [9.17, 15) is 14.0 Å². The van der Waals surface area contributed by atoms with Crippen LogP contribution >= 0.6 is 15.9 Å². The normalized spacial score (nSPS) is 12.7. The first-order chi connectivity index (χ1) is 12.5. The van der Waals surface area contributed by atoms with Gasteiger partial charge in [0.15, 0.2) is 0 Å². The van der Waals surface area contributed by atoms with Crippen LogP contribution in [-0.2, 0) is 11.3 Å². The van der Waals surface area contributed by atoms with Crippen molar-refractivity contribution in [1.29, 1.82) is 0 Å². The molecule has 0 spiro atoms. The number of pyridine rings is 1. The Morgan fingerprint density at radius 3 is 2.63 bits per heavy atom. The fourth-order valence-electron chi connectivity index (χ4n) is 2.31. The third-order valence-electron chi connectivity index (χ3n) is 3.71. The highest BCUT2D eigenvalue weighted by atomic mass is 79.9. The summed E-state index contributed by atoms with van der Waals surface area (Å²) in [5.41, 5.74) is 4.65. The molecule has 2 N–H and O–H groups in total. The Morgan fingerprint density at radius 2 is 2.07 bits per heavy atom. The summed E-state index contributed by atoms with van der Waals surface area (Å²) in [4.78, 5) is 27.7. The first-order valence-electron chi connectivity index (χ1n) is 8.08. The second-order valence-corrected chi connectivity index (χ2v) is 7.86. The third-order valence-corrected chi connectivity index (χ3v) is 4.54. The van der Waals surface area contributed by atoms with E-state index in [0.29, 0.717) is 5.82 Å². The Balaban J connectivity index is 2.39. The first kappa shape index (κ1) is 20.8. The van der Waals surface area contributed by atoms with E-state index in [2.05, 4.69) is 26.0 Å². The van der Waals surface area contributed by atoms with E-state index in [0.717, 1.165) is 14.7 Å². The van der Waals surface area contributed by atoms with Gasteiger partial charge in [-0.15, -0.1) is 0 Å². The lowest BCUT2D eigenvalue weighted by molar-refractivity contribution is 0.163. The van der Waals surface area contributed by atoms with Crippen LogP contribution in [0.1, 0.15) is 26.3 Å². The van der Waals surface area contributed by atoms with E-state index in [1.54, 1.807) is 33.0 Å². The molecule has 2 aromatic rings. The van der Waals surface area contributed by atoms with Crippen molar-refractivity contribution in [2.24, 2.45) is 11.1 Å². The van der Waals surface area contributed by atoms with E-state index in [-0.39, 0.29) is 18.7 Å². The molecule has 2 aromatic heterocycles. The van der Waals surface area contributed by atoms with Crippen molar-refractivity contribution >= 4 is 22.0 Å². The molecule has 8 nitrogen and oxygen atoms in total. The number of allylic oxidation sites excluding steroid dienone is 1. The van der Waals surface area contributed by atoms with E-state index in [4.69, 9.17) is 10.5 Å². The summed E-state index contributed by atoms with van der Waals surface area (Å²) in [5.74, 6) is -0.107. The molecule has 0 aliphatic rings. The monoisotopic (exact) mass is 441 g/mol. The van der Waals surface area contributed by atoms with Crippen LogP contribution in [0.5, 0.6) is 0 Å². The van der Waals surface area contributed by atoms with E-state index >= 15 is 0 Å². The molecule has 0 saturated heterocycles. The van der Waals surface area contributed by atoms with Gasteiger partial charge in [0.25, 0.3) is 0 Å². The molecule has 0 saturated carbocycles. The molecule has 27 heavy (non-hydrogen) atoms. The van der Waals surface area contributed by atoms with Crippen molar-refractivity contribution in [3.63, 3.8) is 0 Å². The molecule has 0 bridgehead atoms. The topological polar surface area (TPSA) is 105 Å². The van der Waals surface area contributed by atoms with Gasteiger partial charge in [-0.25, -0.2) is 28.2 Å². The second-order valence-electron chi connectivity index (χ2n) is 7.01. The number of nitrogens with two attached hydrogens (primary N) is 1. The Hall–Kier alpha value is -2.49. The minimum atomic E-state index is -1.03. The predicted molar refractivity (Wildman–Crippen MR) is 101 cm³/mol. The van der Waals surface area contributed by atoms with Gasteiger partial charge < -0.3 is 10.5 Å². The minimum Gasteiger partial charge on any atom is -0.445 e. The maximum atomic E-state index is 14.7. The van der Waals surface area contributed by atoms with Crippen molar-refractivity contribution in [3.8, 4) is 5.82 Å². The molecule has 0 radical (unpaired) electrons. The number of nitrogens with zero attached hydrogens (tertiary/aromatic N) is 4. The summed E-state index contributed by atoms with van der Waals surface area (Å²) in [6.45, 7) is 6.32. The Labute approximate surface area is 164 Å². The second kappa shape index (κ2) is 8.03. The fourth-order valence-corrected chi connectivity index (χ4v) is 2.52. The largest absolute Gasteiger partial charge is 0.445 e. The van der Waals surface area contributed by atoms with Crippen molar-refractivity contribution in [2.75, 3.05) is 6.61 Å². The standard InChI is InChI=1S/C17H21BrFN5O3/c1-10-5-13(21-6-12(10)18)23-9-22-24(16(23)26)7-11(8-27-15(20)25)14(19)17(2,3)4/h5-6,9H,7-8H2,1-4H3,(H2,20,25)/b14-11+. The van der Waals surface area contributed by atoms with Gasteiger partial charge in [0.2, 0.25) is 0 Å². The zero-order valence-electron chi connectivity index (χ0n) is 15.5. The van der Waals surface area contributed by atoms with Gasteiger partial charge in [-0.05, 0) is 34.5 Å². The number of amides is 1. The van der Waals surface area contributed by atoms with Gasteiger partial charge in [-0.2, -0.15) is 5.10 Å². The highest BCUT2D eigenvalue weighted by molar-refractivity contribution is 9.10. The number of halogens is 2. The maximum Gasteiger partial charge on any atom is 0.404 e. The molecule has 2 heterocycles. The van der Waals surface area contributed by atoms with Crippen LogP contribution in [0.15, 0.2) is 39.3 Å². The molecule has 0 atom stereocenters. The van der Waals surface area contributed by atoms with Crippen LogP contribution in [-0.4, -0.2) is 32.0 Å². The van der Waals surface area contributed by atoms with E-state index < -0.39 is 23.0 Å². The molecule has 0 aliphatic carbocycles. The zero-order chi connectivity index (χ0) is 20.4. The van der Waals surface area contributed by atoms with E-state index in [1.807, 2.05) is 6.92 Å². The highest BCUT2D eigenvalue weighted by Gasteiger charge is 2.23. The summed E-state index contributed by atoms with van der Waals surface area (Å²) in [5, 5.41) is 4.02. The minimum absolute atomic E-state index is 0.105. The summed E-state index contributed by atoms with van der Waals surface area (Å²) in [7, 11) is 0. The number of aryl methyl sites for hydroxylation is 1. The molecule has 0 aliphatic heterocycles. The van der Waals surface area contributed by atoms with Gasteiger partial charge in [0.05, 0.1) is 6.54 Å². The molecule has 146 valence electrons. The summed E-state index contributed by atoms with van der Waals surface area (Å²) in [6, 6.07) is 1.72. The van der Waals surface area contributed by atoms with Gasteiger partial charge in [0.1, 0.15) is 24.6 Å². The maximum absolute atomic E-state index is 14.7. The number of primary amides is 1. The lowest BCUT2D eigenvalue weighted by atomic mass is 9.92. The predicted octanol–water partition coefficient (Wildman–Crippen LogP) is 2.86. The Kier molecular flexibility index (Phi) is 6.19. The number of carbonyl (C=O) groups is 1. The van der Waals surface area contributed by atoms with Crippen LogP contribution in [0.2, 0.25) is 0 Å². The average Bonchev–Trinajstić information content (AvgIpc) is 2.93. The Bertz CT molecular complexity index is 943. The van der Waals surface area contributed by atoms with Crippen LogP contribution in [0, 0.1) is 12.3 Å². The fraction of sp³-hybridized carbons (Fsp3) is 0.412. The Morgan fingerprint density at radius 1 is 1.41 bits per heavy atom. The van der Waals surface area contributed by atoms with Gasteiger partial charge in [0, 0.05) is 21.7 Å². The SMILES string of the molecule is Cc1cc(-n2cnn(C/C(COC(N)=O)=C(\F)C(C)(C)C)c2=O)ncc1Br. The van der Waals surface area contributed by atoms with Crippen LogP contribution in [0.3, 0.4) is 0 Å². The average molecular weight is 442 g/mol. The number of carbonyl (C=O) groups excluding carboxylic acids is 1. The molecule has 2 rings (SSSR count). The lowest BCUT2D eigenvalue weighted by Crippen LogP contribution is -2.27. The van der Waals surface area contributed by atoms with Crippen LogP contribution in [0.4, 0.5) is 9.18 Å². The van der Waals surface area contributed by atoms with Crippen LogP contribution in [0.25, 0.3) is 5.82 Å². The zero-order valence-corrected chi connectivity index (χ0v) is 17.1. The molecular weight excluding hydrogens is 421 g/mol. The van der Waals surface area contributed by atoms with Crippen molar-refractivity contribution in [2.45, 2.75) is 34.2 Å². The summed E-state index contributed by atoms with van der Waals surface area (Å²) < 4.78 is 22.6. The lowest BCUT2D eigenvalue weighted by Gasteiger charge is -2.20. The molecule has 0 fully saturated rings. The number of hydrogen-bond acceptors (Lipinski definition) is 5. The first-order valence-corrected chi connectivity index (χ1v) is 8.87. The van der Waals surface area contributed by atoms with Gasteiger partial charge >= 0.3 is 11.8 Å². The molecular formula is C17H21BrFN5O3. The number of rotatable bonds is 5. The van der Waals surface area contributed by atoms with E-state index in [1.165, 1.54) is 10.9 Å². The summed E-state index contributed by atoms with van der Waals surface area (Å²) in [6.07, 6.45) is 1.86. The molecule has 1 amide bonds. The number of ether oxygens (including phenoxy) is 1. The quantitative estimate of drug-likeness (QED) is 0.767.